The van der Waals surface area contributed by atoms with Gasteiger partial charge in [0.05, 0.1) is 6.04 Å². The quantitative estimate of drug-likeness (QED) is 0.839. The lowest BCUT2D eigenvalue weighted by atomic mass is 10.1. The molecular formula is C12H19ClN2O. The van der Waals surface area contributed by atoms with Crippen molar-refractivity contribution in [1.29, 1.82) is 0 Å². The summed E-state index contributed by atoms with van der Waals surface area (Å²) in [5.41, 5.74) is 7.91. The first-order valence-corrected chi connectivity index (χ1v) is 5.18. The van der Waals surface area contributed by atoms with E-state index < -0.39 is 6.04 Å². The first-order chi connectivity index (χ1) is 7.09. The van der Waals surface area contributed by atoms with E-state index in [1.807, 2.05) is 6.07 Å². The van der Waals surface area contributed by atoms with E-state index in [0.717, 1.165) is 6.42 Å². The smallest absolute Gasteiger partial charge is 0.236 e. The molecule has 1 amide bonds. The molecule has 0 radical (unpaired) electrons. The molecule has 0 saturated heterocycles. The molecule has 0 heterocycles. The van der Waals surface area contributed by atoms with Gasteiger partial charge in [-0.2, -0.15) is 0 Å². The lowest BCUT2D eigenvalue weighted by Crippen LogP contribution is -2.39. The van der Waals surface area contributed by atoms with E-state index in [0.29, 0.717) is 6.54 Å². The van der Waals surface area contributed by atoms with Gasteiger partial charge < -0.3 is 11.1 Å². The first kappa shape index (κ1) is 14.9. The summed E-state index contributed by atoms with van der Waals surface area (Å²) in [6, 6.07) is 7.84. The SMILES string of the molecule is Cc1cccc(CCNC(=O)[C@H](C)N)c1.Cl. The zero-order valence-electron chi connectivity index (χ0n) is 9.69. The molecule has 0 bridgehead atoms. The van der Waals surface area contributed by atoms with Crippen LogP contribution in [0.3, 0.4) is 0 Å². The second-order valence-electron chi connectivity index (χ2n) is 3.82. The van der Waals surface area contributed by atoms with Gasteiger partial charge in [0, 0.05) is 6.54 Å². The number of hydrogen-bond donors (Lipinski definition) is 2. The third kappa shape index (κ3) is 5.14. The van der Waals surface area contributed by atoms with E-state index in [1.165, 1.54) is 11.1 Å². The number of aryl methyl sites for hydroxylation is 1. The second kappa shape index (κ2) is 7.25. The van der Waals surface area contributed by atoms with Crippen molar-refractivity contribution in [2.45, 2.75) is 26.3 Å². The molecule has 0 aromatic heterocycles. The number of nitrogens with two attached hydrogens (primary N) is 1. The molecule has 90 valence electrons. The largest absolute Gasteiger partial charge is 0.354 e. The summed E-state index contributed by atoms with van der Waals surface area (Å²) in [6.45, 7) is 4.38. The number of carbonyl (C=O) groups excluding carboxylic acids is 1. The van der Waals surface area contributed by atoms with E-state index in [2.05, 4.69) is 30.4 Å². The van der Waals surface area contributed by atoms with Crippen LogP contribution in [0.5, 0.6) is 0 Å². The van der Waals surface area contributed by atoms with Gasteiger partial charge in [-0.3, -0.25) is 4.79 Å². The number of halogens is 1. The molecule has 0 unspecified atom stereocenters. The lowest BCUT2D eigenvalue weighted by molar-refractivity contribution is -0.121. The van der Waals surface area contributed by atoms with Crippen LogP contribution in [0.25, 0.3) is 0 Å². The molecule has 0 aliphatic rings. The molecule has 0 spiro atoms. The maximum Gasteiger partial charge on any atom is 0.236 e. The summed E-state index contributed by atoms with van der Waals surface area (Å²) >= 11 is 0. The van der Waals surface area contributed by atoms with Gasteiger partial charge in [-0.1, -0.05) is 29.8 Å². The van der Waals surface area contributed by atoms with Crippen molar-refractivity contribution >= 4 is 18.3 Å². The summed E-state index contributed by atoms with van der Waals surface area (Å²) in [5, 5.41) is 2.79. The van der Waals surface area contributed by atoms with E-state index in [9.17, 15) is 4.79 Å². The fourth-order valence-electron chi connectivity index (χ4n) is 1.36. The van der Waals surface area contributed by atoms with Gasteiger partial charge in [0.1, 0.15) is 0 Å². The Kier molecular flexibility index (Phi) is 6.77. The van der Waals surface area contributed by atoms with Crippen molar-refractivity contribution in [2.75, 3.05) is 6.54 Å². The van der Waals surface area contributed by atoms with Crippen molar-refractivity contribution in [1.82, 2.24) is 5.32 Å². The number of carbonyl (C=O) groups is 1. The fraction of sp³-hybridized carbons (Fsp3) is 0.417. The Labute approximate surface area is 103 Å². The summed E-state index contributed by atoms with van der Waals surface area (Å²) < 4.78 is 0. The van der Waals surface area contributed by atoms with Crippen molar-refractivity contribution < 1.29 is 4.79 Å². The number of amides is 1. The standard InChI is InChI=1S/C12H18N2O.ClH/c1-9-4-3-5-11(8-9)6-7-14-12(15)10(2)13;/h3-5,8,10H,6-7,13H2,1-2H3,(H,14,15);1H/t10-;/m0./s1. The third-order valence-electron chi connectivity index (χ3n) is 2.21. The van der Waals surface area contributed by atoms with Gasteiger partial charge in [0.25, 0.3) is 0 Å². The maximum atomic E-state index is 11.2. The van der Waals surface area contributed by atoms with Crippen molar-refractivity contribution in [3.8, 4) is 0 Å². The van der Waals surface area contributed by atoms with Gasteiger partial charge in [0.2, 0.25) is 5.91 Å². The Hall–Kier alpha value is -1.06. The average Bonchev–Trinajstić information content (AvgIpc) is 2.17. The predicted molar refractivity (Wildman–Crippen MR) is 68.8 cm³/mol. The molecule has 3 N–H and O–H groups in total. The van der Waals surface area contributed by atoms with Crippen LogP contribution in [0.4, 0.5) is 0 Å². The van der Waals surface area contributed by atoms with Crippen LogP contribution in [-0.2, 0) is 11.2 Å². The molecule has 16 heavy (non-hydrogen) atoms. The Morgan fingerprint density at radius 3 is 2.75 bits per heavy atom. The zero-order chi connectivity index (χ0) is 11.3. The molecule has 0 aliphatic heterocycles. The normalized spacial score (nSPS) is 11.4. The van der Waals surface area contributed by atoms with Crippen LogP contribution < -0.4 is 11.1 Å². The zero-order valence-corrected chi connectivity index (χ0v) is 10.5. The Morgan fingerprint density at radius 2 is 2.19 bits per heavy atom. The van der Waals surface area contributed by atoms with Crippen molar-refractivity contribution in [3.63, 3.8) is 0 Å². The van der Waals surface area contributed by atoms with E-state index in [-0.39, 0.29) is 18.3 Å². The molecule has 0 saturated carbocycles. The number of benzene rings is 1. The van der Waals surface area contributed by atoms with Crippen LogP contribution in [0.15, 0.2) is 24.3 Å². The highest BCUT2D eigenvalue weighted by Crippen LogP contribution is 2.03. The van der Waals surface area contributed by atoms with Gasteiger partial charge in [0.15, 0.2) is 0 Å². The maximum absolute atomic E-state index is 11.2. The van der Waals surface area contributed by atoms with E-state index in [1.54, 1.807) is 6.92 Å². The minimum absolute atomic E-state index is 0. The van der Waals surface area contributed by atoms with Crippen LogP contribution >= 0.6 is 12.4 Å². The highest BCUT2D eigenvalue weighted by Gasteiger charge is 2.05. The molecule has 4 heteroatoms. The summed E-state index contributed by atoms with van der Waals surface area (Å²) in [7, 11) is 0. The topological polar surface area (TPSA) is 55.1 Å². The average molecular weight is 243 g/mol. The van der Waals surface area contributed by atoms with Gasteiger partial charge in [-0.25, -0.2) is 0 Å². The minimum Gasteiger partial charge on any atom is -0.354 e. The van der Waals surface area contributed by atoms with Crippen LogP contribution in [-0.4, -0.2) is 18.5 Å². The Balaban J connectivity index is 0.00000225. The predicted octanol–water partition coefficient (Wildman–Crippen LogP) is 1.42. The van der Waals surface area contributed by atoms with E-state index >= 15 is 0 Å². The summed E-state index contributed by atoms with van der Waals surface area (Å²) in [6.07, 6.45) is 0.847. The molecule has 1 rings (SSSR count). The second-order valence-corrected chi connectivity index (χ2v) is 3.82. The molecule has 1 atom stereocenters. The molecule has 1 aromatic carbocycles. The molecule has 3 nitrogen and oxygen atoms in total. The fourth-order valence-corrected chi connectivity index (χ4v) is 1.36. The highest BCUT2D eigenvalue weighted by molar-refractivity contribution is 5.85. The third-order valence-corrected chi connectivity index (χ3v) is 2.21. The Morgan fingerprint density at radius 1 is 1.50 bits per heavy atom. The monoisotopic (exact) mass is 242 g/mol. The van der Waals surface area contributed by atoms with E-state index in [4.69, 9.17) is 5.73 Å². The first-order valence-electron chi connectivity index (χ1n) is 5.18. The number of hydrogen-bond acceptors (Lipinski definition) is 2. The molecule has 1 aromatic rings. The summed E-state index contributed by atoms with van der Waals surface area (Å²) in [4.78, 5) is 11.2. The molecule has 0 fully saturated rings. The van der Waals surface area contributed by atoms with Crippen molar-refractivity contribution in [2.24, 2.45) is 5.73 Å². The van der Waals surface area contributed by atoms with Gasteiger partial charge >= 0.3 is 0 Å². The number of rotatable bonds is 4. The van der Waals surface area contributed by atoms with Crippen molar-refractivity contribution in [3.05, 3.63) is 35.4 Å². The van der Waals surface area contributed by atoms with Crippen LogP contribution in [0.1, 0.15) is 18.1 Å². The minimum atomic E-state index is -0.428. The lowest BCUT2D eigenvalue weighted by Gasteiger charge is -2.07. The molecular weight excluding hydrogens is 224 g/mol. The van der Waals surface area contributed by atoms with Crippen LogP contribution in [0.2, 0.25) is 0 Å². The molecule has 0 aliphatic carbocycles. The highest BCUT2D eigenvalue weighted by atomic mass is 35.5. The number of nitrogens with one attached hydrogen (secondary N) is 1. The Bertz CT molecular complexity index is 340. The van der Waals surface area contributed by atoms with Crippen LogP contribution in [0, 0.1) is 6.92 Å². The van der Waals surface area contributed by atoms with Gasteiger partial charge in [-0.05, 0) is 25.8 Å². The van der Waals surface area contributed by atoms with Gasteiger partial charge in [-0.15, -0.1) is 12.4 Å². The summed E-state index contributed by atoms with van der Waals surface area (Å²) in [5.74, 6) is -0.0948.